The Morgan fingerprint density at radius 3 is 2.52 bits per heavy atom. The summed E-state index contributed by atoms with van der Waals surface area (Å²) in [6, 6.07) is 8.10. The van der Waals surface area contributed by atoms with Crippen LogP contribution in [0.5, 0.6) is 17.2 Å². The van der Waals surface area contributed by atoms with Gasteiger partial charge in [-0.15, -0.1) is 0 Å². The summed E-state index contributed by atoms with van der Waals surface area (Å²) in [7, 11) is 0. The van der Waals surface area contributed by atoms with Crippen molar-refractivity contribution >= 4 is 16.7 Å². The van der Waals surface area contributed by atoms with Gasteiger partial charge in [-0.3, -0.25) is 0 Å². The molecule has 21 heavy (non-hydrogen) atoms. The lowest BCUT2D eigenvalue weighted by atomic mass is 10.1. The first-order valence-corrected chi connectivity index (χ1v) is 6.23. The van der Waals surface area contributed by atoms with Gasteiger partial charge < -0.3 is 30.6 Å². The highest BCUT2D eigenvalue weighted by Crippen LogP contribution is 2.37. The number of benzene rings is 2. The van der Waals surface area contributed by atoms with Gasteiger partial charge in [0.15, 0.2) is 11.5 Å². The summed E-state index contributed by atoms with van der Waals surface area (Å²) in [5, 5.41) is 31.5. The molecule has 6 N–H and O–H groups in total. The Morgan fingerprint density at radius 1 is 0.952 bits per heavy atom. The molecule has 0 atom stereocenters. The molecule has 0 saturated carbocycles. The molecule has 0 aliphatic heterocycles. The maximum Gasteiger partial charge on any atom is 0.323 e. The van der Waals surface area contributed by atoms with E-state index in [0.29, 0.717) is 16.6 Å². The summed E-state index contributed by atoms with van der Waals surface area (Å²) in [6.45, 7) is 0.250. The number of hydrogen-bond acceptors (Lipinski definition) is 5. The van der Waals surface area contributed by atoms with Gasteiger partial charge in [-0.2, -0.15) is 0 Å². The van der Waals surface area contributed by atoms with Crippen molar-refractivity contribution in [3.8, 4) is 17.2 Å². The number of aromatic hydroxyl groups is 3. The molecule has 0 bridgehead atoms. The van der Waals surface area contributed by atoms with Crippen LogP contribution in [0.3, 0.4) is 0 Å². The fourth-order valence-electron chi connectivity index (χ4n) is 2.09. The molecule has 108 valence electrons. The van der Waals surface area contributed by atoms with Gasteiger partial charge in [0, 0.05) is 17.8 Å². The molecule has 0 fully saturated rings. The average Bonchev–Trinajstić information content (AvgIpc) is 2.83. The molecule has 0 amide bonds. The zero-order chi connectivity index (χ0) is 15.0. The molecule has 0 saturated heterocycles. The minimum atomic E-state index is -0.542. The molecule has 1 aromatic heterocycles. The maximum absolute atomic E-state index is 11.2. The molecular weight excluding hydrogens is 274 g/mol. The summed E-state index contributed by atoms with van der Waals surface area (Å²) < 4.78 is 0. The number of anilines is 1. The topological polar surface area (TPSA) is 121 Å². The number of phenols is 3. The number of fused-ring (bicyclic) bond motifs is 1. The predicted molar refractivity (Wildman–Crippen MR) is 77.7 cm³/mol. The average molecular weight is 287 g/mol. The molecule has 0 spiro atoms. The van der Waals surface area contributed by atoms with Gasteiger partial charge in [0.2, 0.25) is 5.75 Å². The Labute approximate surface area is 118 Å². The summed E-state index contributed by atoms with van der Waals surface area (Å²) >= 11 is 0. The lowest BCUT2D eigenvalue weighted by Gasteiger charge is -2.10. The monoisotopic (exact) mass is 287 g/mol. The molecule has 0 aliphatic carbocycles. The fraction of sp³-hybridized carbons (Fsp3) is 0.0714. The number of imidazole rings is 1. The van der Waals surface area contributed by atoms with Crippen molar-refractivity contribution < 1.29 is 15.3 Å². The van der Waals surface area contributed by atoms with Gasteiger partial charge in [-0.05, 0) is 30.3 Å². The maximum atomic E-state index is 11.2. The summed E-state index contributed by atoms with van der Waals surface area (Å²) in [4.78, 5) is 16.5. The number of hydrogen-bond donors (Lipinski definition) is 6. The minimum absolute atomic E-state index is 0.250. The summed E-state index contributed by atoms with van der Waals surface area (Å²) in [6.07, 6.45) is 0. The Balaban J connectivity index is 1.83. The molecule has 1 heterocycles. The van der Waals surface area contributed by atoms with Gasteiger partial charge in [0.25, 0.3) is 0 Å². The van der Waals surface area contributed by atoms with Crippen LogP contribution < -0.4 is 11.0 Å². The van der Waals surface area contributed by atoms with Crippen LogP contribution in [-0.4, -0.2) is 25.3 Å². The number of aromatic amines is 2. The lowest BCUT2D eigenvalue weighted by molar-refractivity contribution is 0.365. The van der Waals surface area contributed by atoms with Crippen LogP contribution in [0.15, 0.2) is 35.1 Å². The van der Waals surface area contributed by atoms with E-state index in [1.165, 1.54) is 12.1 Å². The highest BCUT2D eigenvalue weighted by atomic mass is 16.3. The lowest BCUT2D eigenvalue weighted by Crippen LogP contribution is -2.00. The third-order valence-electron chi connectivity index (χ3n) is 3.21. The smallest absolute Gasteiger partial charge is 0.323 e. The highest BCUT2D eigenvalue weighted by Gasteiger charge is 2.10. The van der Waals surface area contributed by atoms with E-state index in [2.05, 4.69) is 15.3 Å². The number of H-pyrrole nitrogens is 2. The molecule has 3 rings (SSSR count). The number of aromatic nitrogens is 2. The number of nitrogens with one attached hydrogen (secondary N) is 3. The minimum Gasteiger partial charge on any atom is -0.504 e. The van der Waals surface area contributed by atoms with E-state index in [1.54, 1.807) is 18.2 Å². The third kappa shape index (κ3) is 2.36. The van der Waals surface area contributed by atoms with Crippen LogP contribution in [0.2, 0.25) is 0 Å². The van der Waals surface area contributed by atoms with Crippen LogP contribution in [0.1, 0.15) is 5.56 Å². The Kier molecular flexibility index (Phi) is 2.94. The zero-order valence-electron chi connectivity index (χ0n) is 10.8. The van der Waals surface area contributed by atoms with E-state index in [9.17, 15) is 20.1 Å². The van der Waals surface area contributed by atoms with Crippen molar-refractivity contribution in [1.82, 2.24) is 9.97 Å². The van der Waals surface area contributed by atoms with Crippen LogP contribution in [0.4, 0.5) is 5.69 Å². The molecular formula is C14H13N3O4. The second-order valence-electron chi connectivity index (χ2n) is 4.63. The van der Waals surface area contributed by atoms with Crippen molar-refractivity contribution in [1.29, 1.82) is 0 Å². The molecule has 0 unspecified atom stereocenters. The molecule has 7 heteroatoms. The second-order valence-corrected chi connectivity index (χ2v) is 4.63. The largest absolute Gasteiger partial charge is 0.504 e. The van der Waals surface area contributed by atoms with Gasteiger partial charge in [0.1, 0.15) is 0 Å². The SMILES string of the molecule is O=c1[nH]c2ccc(NCc3ccc(O)c(O)c3O)cc2[nH]1. The predicted octanol–water partition coefficient (Wildman–Crippen LogP) is 1.59. The Bertz CT molecular complexity index is 866. The van der Waals surface area contributed by atoms with Crippen LogP contribution in [0, 0.1) is 0 Å². The molecule has 0 radical (unpaired) electrons. The van der Waals surface area contributed by atoms with Crippen molar-refractivity contribution in [2.75, 3.05) is 5.32 Å². The standard InChI is InChI=1S/C14H13N3O4/c18-11-4-1-7(12(19)13(11)20)6-15-8-2-3-9-10(5-8)17-14(21)16-9/h1-5,15,18-20H,6H2,(H2,16,17,21). The Morgan fingerprint density at radius 2 is 1.71 bits per heavy atom. The normalized spacial score (nSPS) is 10.9. The third-order valence-corrected chi connectivity index (χ3v) is 3.21. The van der Waals surface area contributed by atoms with E-state index in [1.807, 2.05) is 0 Å². The van der Waals surface area contributed by atoms with Gasteiger partial charge >= 0.3 is 5.69 Å². The van der Waals surface area contributed by atoms with Crippen molar-refractivity contribution in [3.63, 3.8) is 0 Å². The zero-order valence-corrected chi connectivity index (χ0v) is 10.8. The van der Waals surface area contributed by atoms with E-state index >= 15 is 0 Å². The quantitative estimate of drug-likeness (QED) is 0.408. The summed E-state index contributed by atoms with van der Waals surface area (Å²) in [5.74, 6) is -1.28. The van der Waals surface area contributed by atoms with E-state index < -0.39 is 5.75 Å². The van der Waals surface area contributed by atoms with Crippen molar-refractivity contribution in [2.24, 2.45) is 0 Å². The molecule has 0 aliphatic rings. The van der Waals surface area contributed by atoms with Gasteiger partial charge in [-0.1, -0.05) is 0 Å². The van der Waals surface area contributed by atoms with Crippen LogP contribution in [-0.2, 0) is 6.54 Å². The molecule has 3 aromatic rings. The first-order valence-electron chi connectivity index (χ1n) is 6.23. The number of rotatable bonds is 3. The van der Waals surface area contributed by atoms with E-state index in [0.717, 1.165) is 5.69 Å². The van der Waals surface area contributed by atoms with E-state index in [-0.39, 0.29) is 23.7 Å². The van der Waals surface area contributed by atoms with Crippen LogP contribution >= 0.6 is 0 Å². The molecule has 7 nitrogen and oxygen atoms in total. The first kappa shape index (κ1) is 12.9. The number of phenolic OH excluding ortho intramolecular Hbond substituents is 3. The van der Waals surface area contributed by atoms with Crippen molar-refractivity contribution in [3.05, 3.63) is 46.4 Å². The fourth-order valence-corrected chi connectivity index (χ4v) is 2.09. The van der Waals surface area contributed by atoms with Gasteiger partial charge in [0.05, 0.1) is 11.0 Å². The Hall–Kier alpha value is -3.09. The molecule has 2 aromatic carbocycles. The second kappa shape index (κ2) is 4.78. The van der Waals surface area contributed by atoms with Crippen molar-refractivity contribution in [2.45, 2.75) is 6.54 Å². The van der Waals surface area contributed by atoms with Crippen LogP contribution in [0.25, 0.3) is 11.0 Å². The highest BCUT2D eigenvalue weighted by molar-refractivity contribution is 5.78. The first-order chi connectivity index (χ1) is 10.0. The summed E-state index contributed by atoms with van der Waals surface area (Å²) in [5.41, 5.74) is 2.28. The van der Waals surface area contributed by atoms with E-state index in [4.69, 9.17) is 0 Å². The van der Waals surface area contributed by atoms with Gasteiger partial charge in [-0.25, -0.2) is 4.79 Å².